The topological polar surface area (TPSA) is 0 Å². The Kier molecular flexibility index (Phi) is 10.2. The van der Waals surface area contributed by atoms with Gasteiger partial charge in [-0.3, -0.25) is 0 Å². The summed E-state index contributed by atoms with van der Waals surface area (Å²) in [5.41, 5.74) is 2.53. The van der Waals surface area contributed by atoms with Crippen molar-refractivity contribution in [3.05, 3.63) is 190 Å². The van der Waals surface area contributed by atoms with Crippen molar-refractivity contribution in [1.29, 1.82) is 0 Å². The predicted molar refractivity (Wildman–Crippen MR) is 247 cm³/mol. The van der Waals surface area contributed by atoms with E-state index in [-0.39, 0.29) is 0 Å². The Morgan fingerprint density at radius 2 is 0.692 bits per heavy atom. The Bertz CT molecular complexity index is 2300. The first-order chi connectivity index (χ1) is 25.2. The third kappa shape index (κ3) is 6.37. The average molecular weight is 904 g/mol. The van der Waals surface area contributed by atoms with Gasteiger partial charge in [-0.25, -0.2) is 0 Å². The number of benzene rings is 8. The third-order valence-corrected chi connectivity index (χ3v) is 24.7. The summed E-state index contributed by atoms with van der Waals surface area (Å²) in [4.78, 5) is -2.78. The first-order valence-corrected chi connectivity index (χ1v) is 26.1. The van der Waals surface area contributed by atoms with Crippen LogP contribution >= 0.6 is 80.6 Å². The van der Waals surface area contributed by atoms with Crippen molar-refractivity contribution in [2.24, 2.45) is 0 Å². The van der Waals surface area contributed by atoms with Gasteiger partial charge >= 0.3 is 342 Å². The van der Waals surface area contributed by atoms with Crippen LogP contribution in [0.4, 0.5) is 0 Å². The molecule has 52 heavy (non-hydrogen) atoms. The summed E-state index contributed by atoms with van der Waals surface area (Å²) in [6, 6.07) is 60.8. The Balaban J connectivity index is 1.57. The van der Waals surface area contributed by atoms with E-state index in [4.69, 9.17) is 46.4 Å². The zero-order chi connectivity index (χ0) is 36.0. The molecule has 0 nitrogen and oxygen atoms in total. The van der Waals surface area contributed by atoms with Crippen LogP contribution in [0.5, 0.6) is 0 Å². The molecule has 8 aromatic rings. The summed E-state index contributed by atoms with van der Waals surface area (Å²) in [5, 5.41) is 15.4. The Morgan fingerprint density at radius 1 is 0.365 bits per heavy atom. The standard InChI is InChI=1S/C45H33Cl4IP2/c1-51(36-20-12-32(46)13-21-36,37-22-14-33(47)15-23-37)42-28-10-30-6-2-4-8-40(30)44(42)45-41-9-5-3-7-31(41)11-29-43(45)52(50,38-24-16-34(48)17-25-38)39-26-18-35(49)19-27-39/h2-29,51-52H,1H3. The van der Waals surface area contributed by atoms with E-state index >= 15 is 0 Å². The fraction of sp³-hybridized carbons (Fsp3) is 0.0222. The monoisotopic (exact) mass is 902 g/mol. The zero-order valence-corrected chi connectivity index (χ0v) is 35.2. The molecule has 8 rings (SSSR count). The van der Waals surface area contributed by atoms with Crippen molar-refractivity contribution < 1.29 is 0 Å². The molecule has 0 amide bonds. The Labute approximate surface area is 338 Å². The Morgan fingerprint density at radius 3 is 1.10 bits per heavy atom. The molecule has 0 heterocycles. The minimum atomic E-state index is -2.78. The molecule has 0 radical (unpaired) electrons. The molecular formula is C45H33Cl4IP2. The maximum atomic E-state index is 6.54. The van der Waals surface area contributed by atoms with Crippen molar-refractivity contribution >= 4 is 134 Å². The molecule has 0 bridgehead atoms. The minimum absolute atomic E-state index is 0.718. The first-order valence-electron chi connectivity index (χ1n) is 17.0. The van der Waals surface area contributed by atoms with Crippen molar-refractivity contribution in [1.82, 2.24) is 0 Å². The van der Waals surface area contributed by atoms with E-state index < -0.39 is 12.2 Å². The molecule has 8 aromatic carbocycles. The molecule has 7 heteroatoms. The molecule has 0 fully saturated rings. The van der Waals surface area contributed by atoms with E-state index in [1.165, 1.54) is 64.5 Å². The molecule has 0 aromatic heterocycles. The van der Waals surface area contributed by atoms with Gasteiger partial charge in [0, 0.05) is 0 Å². The van der Waals surface area contributed by atoms with Crippen LogP contribution in [0.25, 0.3) is 32.7 Å². The second-order valence-corrected chi connectivity index (χ2v) is 26.8. The zero-order valence-electron chi connectivity index (χ0n) is 28.1. The number of rotatable bonds is 7. The molecule has 0 unspecified atom stereocenters. The van der Waals surface area contributed by atoms with Crippen molar-refractivity contribution in [3.8, 4) is 11.1 Å². The molecule has 0 aliphatic carbocycles. The van der Waals surface area contributed by atoms with E-state index in [9.17, 15) is 0 Å². The summed E-state index contributed by atoms with van der Waals surface area (Å²) < 4.78 is 0. The maximum absolute atomic E-state index is 6.54. The number of fused-ring (bicyclic) bond motifs is 2. The van der Waals surface area contributed by atoms with E-state index in [1.807, 2.05) is 48.5 Å². The molecule has 258 valence electrons. The van der Waals surface area contributed by atoms with E-state index in [0.717, 1.165) is 20.1 Å². The van der Waals surface area contributed by atoms with Crippen LogP contribution in [0, 0.1) is 0 Å². The van der Waals surface area contributed by atoms with Crippen LogP contribution in [-0.2, 0) is 0 Å². The van der Waals surface area contributed by atoms with Gasteiger partial charge in [0.25, 0.3) is 0 Å². The van der Waals surface area contributed by atoms with Gasteiger partial charge in [0.2, 0.25) is 0 Å². The van der Waals surface area contributed by atoms with Crippen LogP contribution in [0.1, 0.15) is 0 Å². The predicted octanol–water partition coefficient (Wildman–Crippen LogP) is 12.3. The van der Waals surface area contributed by atoms with Gasteiger partial charge in [-0.2, -0.15) is 0 Å². The van der Waals surface area contributed by atoms with Crippen LogP contribution in [0.3, 0.4) is 0 Å². The van der Waals surface area contributed by atoms with Crippen LogP contribution in [-0.4, -0.2) is 6.66 Å². The SMILES string of the molecule is C[PH](c1ccc(Cl)cc1)(c1ccc(Cl)cc1)c1ccc2ccccc2c1-c1c([PH](I)(c2ccc(Cl)cc2)c2ccc(Cl)cc2)ccc2ccccc12. The van der Waals surface area contributed by atoms with Gasteiger partial charge < -0.3 is 0 Å². The Hall–Kier alpha value is -2.97. The van der Waals surface area contributed by atoms with Gasteiger partial charge in [0.15, 0.2) is 0 Å². The summed E-state index contributed by atoms with van der Waals surface area (Å²) in [6.45, 7) is 2.46. The summed E-state index contributed by atoms with van der Waals surface area (Å²) >= 11 is 28.9. The van der Waals surface area contributed by atoms with Gasteiger partial charge in [-0.1, -0.05) is 0 Å². The van der Waals surface area contributed by atoms with Gasteiger partial charge in [0.05, 0.1) is 0 Å². The van der Waals surface area contributed by atoms with E-state index in [0.29, 0.717) is 0 Å². The molecule has 0 spiro atoms. The van der Waals surface area contributed by atoms with Gasteiger partial charge in [-0.15, -0.1) is 0 Å². The number of halogens is 5. The molecule has 0 saturated heterocycles. The average Bonchev–Trinajstić information content (AvgIpc) is 3.17. The molecular weight excluding hydrogens is 871 g/mol. The van der Waals surface area contributed by atoms with Crippen molar-refractivity contribution in [2.45, 2.75) is 0 Å². The van der Waals surface area contributed by atoms with Gasteiger partial charge in [-0.05, 0) is 0 Å². The van der Waals surface area contributed by atoms with Gasteiger partial charge in [0.1, 0.15) is 0 Å². The molecule has 0 atom stereocenters. The second-order valence-electron chi connectivity index (χ2n) is 13.2. The fourth-order valence-corrected chi connectivity index (χ4v) is 18.6. The molecule has 0 aliphatic rings. The molecule has 0 aliphatic heterocycles. The summed E-state index contributed by atoms with van der Waals surface area (Å²) in [7, 11) is -2.75. The van der Waals surface area contributed by atoms with Crippen molar-refractivity contribution in [2.75, 3.05) is 6.66 Å². The number of hydrogen-bond donors (Lipinski definition) is 0. The first kappa shape index (κ1) is 36.0. The van der Waals surface area contributed by atoms with Crippen molar-refractivity contribution in [3.63, 3.8) is 0 Å². The molecule has 0 saturated carbocycles. The summed E-state index contributed by atoms with van der Waals surface area (Å²) in [6.07, 6.45) is 0. The fourth-order valence-electron chi connectivity index (χ4n) is 7.67. The van der Waals surface area contributed by atoms with Crippen LogP contribution < -0.4 is 31.8 Å². The van der Waals surface area contributed by atoms with E-state index in [2.05, 4.69) is 150 Å². The molecule has 0 N–H and O–H groups in total. The normalized spacial score (nSPS) is 12.7. The van der Waals surface area contributed by atoms with Crippen LogP contribution in [0.2, 0.25) is 20.1 Å². The quantitative estimate of drug-likeness (QED) is 0.110. The number of hydrogen-bond acceptors (Lipinski definition) is 0. The second kappa shape index (κ2) is 14.7. The van der Waals surface area contributed by atoms with E-state index in [1.54, 1.807) is 0 Å². The third-order valence-electron chi connectivity index (χ3n) is 10.3. The summed E-state index contributed by atoms with van der Waals surface area (Å²) in [5.74, 6) is 0. The van der Waals surface area contributed by atoms with Crippen LogP contribution in [0.15, 0.2) is 170 Å².